The van der Waals surface area contributed by atoms with Gasteiger partial charge in [0.25, 0.3) is 11.6 Å². The Hall–Kier alpha value is -4.15. The summed E-state index contributed by atoms with van der Waals surface area (Å²) in [6.07, 6.45) is 1.38. The van der Waals surface area contributed by atoms with Gasteiger partial charge in [-0.05, 0) is 41.8 Å². The number of carbonyl (C=O) groups excluding carboxylic acids is 1. The van der Waals surface area contributed by atoms with Crippen molar-refractivity contribution in [1.29, 1.82) is 5.26 Å². The van der Waals surface area contributed by atoms with Gasteiger partial charge >= 0.3 is 0 Å². The average Bonchev–Trinajstić information content (AvgIpc) is 2.78. The SMILES string of the molecule is Cc1ccc([N+](=O)[O-])cc1NC(=O)/C(C#N)=C/c1ccc(OCc2ccccc2)c(Cl)c1. The number of nitriles is 1. The Bertz CT molecular complexity index is 1230. The van der Waals surface area contributed by atoms with Crippen LogP contribution in [0.15, 0.2) is 72.3 Å². The average molecular weight is 448 g/mol. The fraction of sp³-hybridized carbons (Fsp3) is 0.0833. The quantitative estimate of drug-likeness (QED) is 0.217. The highest BCUT2D eigenvalue weighted by atomic mass is 35.5. The smallest absolute Gasteiger partial charge is 0.271 e. The molecule has 0 bridgehead atoms. The number of nitrogens with zero attached hydrogens (tertiary/aromatic N) is 2. The number of anilines is 1. The van der Waals surface area contributed by atoms with Gasteiger partial charge in [-0.15, -0.1) is 0 Å². The van der Waals surface area contributed by atoms with Gasteiger partial charge in [-0.3, -0.25) is 14.9 Å². The molecule has 0 radical (unpaired) electrons. The molecule has 1 N–H and O–H groups in total. The Labute approximate surface area is 189 Å². The first-order valence-electron chi connectivity index (χ1n) is 9.52. The topological polar surface area (TPSA) is 105 Å². The van der Waals surface area contributed by atoms with E-state index in [2.05, 4.69) is 5.32 Å². The molecule has 0 saturated carbocycles. The fourth-order valence-electron chi connectivity index (χ4n) is 2.82. The van der Waals surface area contributed by atoms with Gasteiger partial charge in [-0.25, -0.2) is 0 Å². The minimum atomic E-state index is -0.684. The Balaban J connectivity index is 1.75. The van der Waals surface area contributed by atoms with Gasteiger partial charge < -0.3 is 10.1 Å². The summed E-state index contributed by atoms with van der Waals surface area (Å²) in [6.45, 7) is 2.05. The molecule has 0 aromatic heterocycles. The predicted molar refractivity (Wildman–Crippen MR) is 122 cm³/mol. The fourth-order valence-corrected chi connectivity index (χ4v) is 3.07. The molecular formula is C24H18ClN3O4. The van der Waals surface area contributed by atoms with Gasteiger partial charge in [0.05, 0.1) is 15.6 Å². The van der Waals surface area contributed by atoms with Gasteiger partial charge in [-0.2, -0.15) is 5.26 Å². The van der Waals surface area contributed by atoms with Crippen LogP contribution in [-0.4, -0.2) is 10.8 Å². The lowest BCUT2D eigenvalue weighted by Gasteiger charge is -2.09. The number of nitro benzene ring substituents is 1. The van der Waals surface area contributed by atoms with Crippen LogP contribution in [0.4, 0.5) is 11.4 Å². The highest BCUT2D eigenvalue weighted by Crippen LogP contribution is 2.28. The van der Waals surface area contributed by atoms with Crippen LogP contribution in [0.1, 0.15) is 16.7 Å². The third kappa shape index (κ3) is 5.72. The zero-order valence-corrected chi connectivity index (χ0v) is 17.8. The molecule has 1 amide bonds. The first-order chi connectivity index (χ1) is 15.4. The van der Waals surface area contributed by atoms with Crippen LogP contribution in [0, 0.1) is 28.4 Å². The van der Waals surface area contributed by atoms with Crippen LogP contribution in [0.2, 0.25) is 5.02 Å². The molecule has 0 spiro atoms. The number of amides is 1. The number of halogens is 1. The monoisotopic (exact) mass is 447 g/mol. The number of aryl methyl sites for hydroxylation is 1. The number of non-ortho nitro benzene ring substituents is 1. The maximum atomic E-state index is 12.6. The lowest BCUT2D eigenvalue weighted by Crippen LogP contribution is -2.14. The summed E-state index contributed by atoms with van der Waals surface area (Å²) in [5, 5.41) is 23.3. The van der Waals surface area contributed by atoms with Gasteiger partial charge in [0.15, 0.2) is 0 Å². The summed E-state index contributed by atoms with van der Waals surface area (Å²) in [6, 6.07) is 20.5. The van der Waals surface area contributed by atoms with Crippen molar-refractivity contribution < 1.29 is 14.5 Å². The second kappa shape index (κ2) is 10.2. The van der Waals surface area contributed by atoms with Crippen molar-refractivity contribution in [2.75, 3.05) is 5.32 Å². The molecule has 3 aromatic carbocycles. The molecule has 0 atom stereocenters. The van der Waals surface area contributed by atoms with E-state index in [0.717, 1.165) is 5.56 Å². The van der Waals surface area contributed by atoms with E-state index in [1.165, 1.54) is 24.3 Å². The normalized spacial score (nSPS) is 10.8. The predicted octanol–water partition coefficient (Wildman–Crippen LogP) is 5.68. The van der Waals surface area contributed by atoms with E-state index < -0.39 is 10.8 Å². The third-order valence-corrected chi connectivity index (χ3v) is 4.84. The van der Waals surface area contributed by atoms with Gasteiger partial charge in [-0.1, -0.05) is 54.1 Å². The lowest BCUT2D eigenvalue weighted by molar-refractivity contribution is -0.384. The second-order valence-corrected chi connectivity index (χ2v) is 7.25. The Morgan fingerprint density at radius 2 is 1.94 bits per heavy atom. The highest BCUT2D eigenvalue weighted by Gasteiger charge is 2.14. The molecule has 160 valence electrons. The Morgan fingerprint density at radius 3 is 2.59 bits per heavy atom. The first kappa shape index (κ1) is 22.5. The molecule has 0 aliphatic heterocycles. The van der Waals surface area contributed by atoms with Crippen molar-refractivity contribution in [2.24, 2.45) is 0 Å². The number of hydrogen-bond acceptors (Lipinski definition) is 5. The van der Waals surface area contributed by atoms with Gasteiger partial charge in [0.1, 0.15) is 24.0 Å². The zero-order chi connectivity index (χ0) is 23.1. The van der Waals surface area contributed by atoms with Crippen LogP contribution in [-0.2, 0) is 11.4 Å². The molecule has 0 aliphatic carbocycles. The summed E-state index contributed by atoms with van der Waals surface area (Å²) in [4.78, 5) is 23.0. The van der Waals surface area contributed by atoms with E-state index in [-0.39, 0.29) is 16.9 Å². The number of nitro groups is 1. The number of rotatable bonds is 7. The van der Waals surface area contributed by atoms with Crippen molar-refractivity contribution >= 4 is 35.0 Å². The van der Waals surface area contributed by atoms with Crippen molar-refractivity contribution in [1.82, 2.24) is 0 Å². The summed E-state index contributed by atoms with van der Waals surface area (Å²) in [7, 11) is 0. The van der Waals surface area contributed by atoms with Gasteiger partial charge in [0.2, 0.25) is 0 Å². The molecule has 0 saturated heterocycles. The second-order valence-electron chi connectivity index (χ2n) is 6.84. The summed E-state index contributed by atoms with van der Waals surface area (Å²) < 4.78 is 5.73. The first-order valence-corrected chi connectivity index (χ1v) is 9.89. The summed E-state index contributed by atoms with van der Waals surface area (Å²) in [5.41, 5.74) is 2.07. The molecular weight excluding hydrogens is 430 g/mol. The number of ether oxygens (including phenoxy) is 1. The van der Waals surface area contributed by atoms with E-state index in [9.17, 15) is 20.2 Å². The molecule has 0 heterocycles. The Kier molecular flexibility index (Phi) is 7.21. The largest absolute Gasteiger partial charge is 0.487 e. The molecule has 32 heavy (non-hydrogen) atoms. The van der Waals surface area contributed by atoms with Crippen LogP contribution >= 0.6 is 11.6 Å². The summed E-state index contributed by atoms with van der Waals surface area (Å²) >= 11 is 6.30. The van der Waals surface area contributed by atoms with Gasteiger partial charge in [0, 0.05) is 12.1 Å². The molecule has 0 fully saturated rings. The number of hydrogen-bond donors (Lipinski definition) is 1. The zero-order valence-electron chi connectivity index (χ0n) is 17.0. The lowest BCUT2D eigenvalue weighted by atomic mass is 10.1. The van der Waals surface area contributed by atoms with Crippen LogP contribution in [0.25, 0.3) is 6.08 Å². The minimum absolute atomic E-state index is 0.161. The van der Waals surface area contributed by atoms with Crippen molar-refractivity contribution in [2.45, 2.75) is 13.5 Å². The molecule has 8 heteroatoms. The highest BCUT2D eigenvalue weighted by molar-refractivity contribution is 6.32. The number of benzene rings is 3. The minimum Gasteiger partial charge on any atom is -0.487 e. The van der Waals surface area contributed by atoms with E-state index in [1.54, 1.807) is 25.1 Å². The van der Waals surface area contributed by atoms with Crippen LogP contribution in [0.3, 0.4) is 0 Å². The van der Waals surface area contributed by atoms with E-state index >= 15 is 0 Å². The van der Waals surface area contributed by atoms with Crippen molar-refractivity contribution in [3.05, 3.63) is 104 Å². The number of nitrogens with one attached hydrogen (secondary N) is 1. The van der Waals surface area contributed by atoms with Crippen LogP contribution in [0.5, 0.6) is 5.75 Å². The molecule has 7 nitrogen and oxygen atoms in total. The molecule has 0 aliphatic rings. The van der Waals surface area contributed by atoms with E-state index in [1.807, 2.05) is 36.4 Å². The van der Waals surface area contributed by atoms with E-state index in [4.69, 9.17) is 16.3 Å². The Morgan fingerprint density at radius 1 is 1.19 bits per heavy atom. The van der Waals surface area contributed by atoms with Crippen molar-refractivity contribution in [3.8, 4) is 11.8 Å². The van der Waals surface area contributed by atoms with Crippen LogP contribution < -0.4 is 10.1 Å². The molecule has 0 unspecified atom stereocenters. The van der Waals surface area contributed by atoms with E-state index in [0.29, 0.717) is 28.5 Å². The maximum Gasteiger partial charge on any atom is 0.271 e. The summed E-state index contributed by atoms with van der Waals surface area (Å²) in [5.74, 6) is -0.209. The maximum absolute atomic E-state index is 12.6. The third-order valence-electron chi connectivity index (χ3n) is 4.55. The standard InChI is InChI=1S/C24H18ClN3O4/c1-16-7-9-20(28(30)31)13-22(16)27-24(29)19(14-26)11-18-8-10-23(21(25)12-18)32-15-17-5-3-2-4-6-17/h2-13H,15H2,1H3,(H,27,29)/b19-11+. The molecule has 3 rings (SSSR count). The number of carbonyl (C=O) groups is 1. The molecule has 3 aromatic rings. The van der Waals surface area contributed by atoms with Crippen molar-refractivity contribution in [3.63, 3.8) is 0 Å².